The maximum atomic E-state index is 12.4. The van der Waals surface area contributed by atoms with Gasteiger partial charge >= 0.3 is 0 Å². The molecule has 2 N–H and O–H groups in total. The van der Waals surface area contributed by atoms with Gasteiger partial charge in [0.05, 0.1) is 11.7 Å². The molecule has 142 valence electrons. The summed E-state index contributed by atoms with van der Waals surface area (Å²) in [5.41, 5.74) is 1.45. The number of carbonyl (C=O) groups is 2. The van der Waals surface area contributed by atoms with Crippen molar-refractivity contribution < 1.29 is 18.0 Å². The summed E-state index contributed by atoms with van der Waals surface area (Å²) in [6, 6.07) is 7.42. The van der Waals surface area contributed by atoms with Gasteiger partial charge < -0.3 is 10.6 Å². The second kappa shape index (κ2) is 7.00. The highest BCUT2D eigenvalue weighted by molar-refractivity contribution is 7.88. The summed E-state index contributed by atoms with van der Waals surface area (Å²) in [6.07, 6.45) is 2.90. The number of nitrogens with one attached hydrogen (secondary N) is 2. The van der Waals surface area contributed by atoms with Crippen LogP contribution in [0.2, 0.25) is 0 Å². The van der Waals surface area contributed by atoms with E-state index in [4.69, 9.17) is 0 Å². The quantitative estimate of drug-likeness (QED) is 0.774. The molecule has 26 heavy (non-hydrogen) atoms. The number of aryl methyl sites for hydroxylation is 1. The van der Waals surface area contributed by atoms with Crippen LogP contribution in [0.5, 0.6) is 0 Å². The van der Waals surface area contributed by atoms with Crippen molar-refractivity contribution in [2.75, 3.05) is 19.3 Å². The van der Waals surface area contributed by atoms with E-state index in [2.05, 4.69) is 17.6 Å². The Morgan fingerprint density at radius 3 is 2.54 bits per heavy atom. The Morgan fingerprint density at radius 1 is 1.31 bits per heavy atom. The van der Waals surface area contributed by atoms with Gasteiger partial charge in [0.2, 0.25) is 21.8 Å². The van der Waals surface area contributed by atoms with E-state index in [0.717, 1.165) is 18.2 Å². The summed E-state index contributed by atoms with van der Waals surface area (Å²) in [4.78, 5) is 24.9. The zero-order valence-corrected chi connectivity index (χ0v) is 15.9. The molecule has 1 spiro atoms. The van der Waals surface area contributed by atoms with Gasteiger partial charge in [0.1, 0.15) is 6.04 Å². The van der Waals surface area contributed by atoms with Crippen LogP contribution in [0.4, 0.5) is 0 Å². The molecule has 2 aliphatic rings. The lowest BCUT2D eigenvalue weighted by atomic mass is 9.84. The lowest BCUT2D eigenvalue weighted by Gasteiger charge is -2.20. The van der Waals surface area contributed by atoms with E-state index in [1.54, 1.807) is 0 Å². The SMILES string of the molecule is CCc1ccc(CNC(=O)[C@@H]2C[C@]3(CCN(S(C)(=O)=O)C3)C(=O)N2)cc1. The van der Waals surface area contributed by atoms with Crippen LogP contribution < -0.4 is 10.6 Å². The van der Waals surface area contributed by atoms with Gasteiger partial charge in [-0.25, -0.2) is 12.7 Å². The van der Waals surface area contributed by atoms with Crippen LogP contribution >= 0.6 is 0 Å². The molecular weight excluding hydrogens is 354 g/mol. The molecule has 0 saturated carbocycles. The van der Waals surface area contributed by atoms with E-state index < -0.39 is 21.5 Å². The third-order valence-corrected chi connectivity index (χ3v) is 6.63. The molecule has 0 unspecified atom stereocenters. The largest absolute Gasteiger partial charge is 0.350 e. The van der Waals surface area contributed by atoms with Crippen molar-refractivity contribution in [2.45, 2.75) is 38.8 Å². The van der Waals surface area contributed by atoms with E-state index in [0.29, 0.717) is 25.9 Å². The summed E-state index contributed by atoms with van der Waals surface area (Å²) in [7, 11) is -3.33. The average molecular weight is 379 g/mol. The molecule has 7 nitrogen and oxygen atoms in total. The van der Waals surface area contributed by atoms with Gasteiger partial charge in [-0.05, 0) is 30.4 Å². The number of benzene rings is 1. The number of hydrogen-bond donors (Lipinski definition) is 2. The first-order valence-corrected chi connectivity index (χ1v) is 10.7. The molecule has 8 heteroatoms. The summed E-state index contributed by atoms with van der Waals surface area (Å²) >= 11 is 0. The van der Waals surface area contributed by atoms with Gasteiger partial charge in [0.25, 0.3) is 0 Å². The fraction of sp³-hybridized carbons (Fsp3) is 0.556. The smallest absolute Gasteiger partial charge is 0.242 e. The molecule has 2 atom stereocenters. The molecule has 0 radical (unpaired) electrons. The van der Waals surface area contributed by atoms with Crippen LogP contribution in [0.25, 0.3) is 0 Å². The molecule has 2 aliphatic heterocycles. The fourth-order valence-corrected chi connectivity index (χ4v) is 4.58. The Labute approximate surface area is 154 Å². The minimum absolute atomic E-state index is 0.153. The molecule has 2 fully saturated rings. The zero-order valence-electron chi connectivity index (χ0n) is 15.1. The van der Waals surface area contributed by atoms with Crippen molar-refractivity contribution in [1.29, 1.82) is 0 Å². The standard InChI is InChI=1S/C18H25N3O4S/c1-3-13-4-6-14(7-5-13)11-19-16(22)15-10-18(17(23)20-15)8-9-21(12-18)26(2,24)25/h4-7,15H,3,8-12H2,1-2H3,(H,19,22)(H,20,23)/t15-,18-/m0/s1. The van der Waals surface area contributed by atoms with Crippen molar-refractivity contribution in [3.05, 3.63) is 35.4 Å². The minimum atomic E-state index is -3.33. The van der Waals surface area contributed by atoms with Crippen molar-refractivity contribution >= 4 is 21.8 Å². The summed E-state index contributed by atoms with van der Waals surface area (Å²) in [5, 5.41) is 5.60. The lowest BCUT2D eigenvalue weighted by Crippen LogP contribution is -2.41. The third-order valence-electron chi connectivity index (χ3n) is 5.38. The summed E-state index contributed by atoms with van der Waals surface area (Å²) in [5.74, 6) is -0.455. The molecule has 1 aromatic carbocycles. The van der Waals surface area contributed by atoms with Gasteiger partial charge in [-0.3, -0.25) is 9.59 Å². The van der Waals surface area contributed by atoms with E-state index in [1.165, 1.54) is 9.87 Å². The van der Waals surface area contributed by atoms with Gasteiger partial charge in [-0.15, -0.1) is 0 Å². The number of sulfonamides is 1. The maximum absolute atomic E-state index is 12.4. The minimum Gasteiger partial charge on any atom is -0.350 e. The van der Waals surface area contributed by atoms with Crippen LogP contribution in [0.3, 0.4) is 0 Å². The number of hydrogen-bond acceptors (Lipinski definition) is 4. The van der Waals surface area contributed by atoms with E-state index in [-0.39, 0.29) is 18.4 Å². The highest BCUT2D eigenvalue weighted by Gasteiger charge is 2.53. The first-order chi connectivity index (χ1) is 12.2. The Morgan fingerprint density at radius 2 is 1.96 bits per heavy atom. The lowest BCUT2D eigenvalue weighted by molar-refractivity contribution is -0.128. The molecular formula is C18H25N3O4S. The van der Waals surface area contributed by atoms with E-state index in [1.807, 2.05) is 24.3 Å². The molecule has 0 bridgehead atoms. The van der Waals surface area contributed by atoms with E-state index in [9.17, 15) is 18.0 Å². The number of nitrogens with zero attached hydrogens (tertiary/aromatic N) is 1. The molecule has 3 rings (SSSR count). The van der Waals surface area contributed by atoms with Gasteiger partial charge in [0.15, 0.2) is 0 Å². The molecule has 2 heterocycles. The second-order valence-corrected chi connectivity index (χ2v) is 9.23. The van der Waals surface area contributed by atoms with Crippen LogP contribution in [-0.4, -0.2) is 49.9 Å². The predicted molar refractivity (Wildman–Crippen MR) is 97.7 cm³/mol. The first kappa shape index (κ1) is 18.8. The monoisotopic (exact) mass is 379 g/mol. The van der Waals surface area contributed by atoms with Crippen molar-refractivity contribution in [2.24, 2.45) is 5.41 Å². The Balaban J connectivity index is 1.59. The van der Waals surface area contributed by atoms with Gasteiger partial charge in [-0.2, -0.15) is 0 Å². The highest BCUT2D eigenvalue weighted by atomic mass is 32.2. The third kappa shape index (κ3) is 3.76. The Hall–Kier alpha value is -1.93. The normalized spacial score (nSPS) is 26.2. The average Bonchev–Trinajstić information content (AvgIpc) is 3.18. The number of amides is 2. The van der Waals surface area contributed by atoms with Gasteiger partial charge in [0, 0.05) is 19.6 Å². The van der Waals surface area contributed by atoms with Crippen LogP contribution in [0, 0.1) is 5.41 Å². The van der Waals surface area contributed by atoms with Crippen LogP contribution in [-0.2, 0) is 32.6 Å². The first-order valence-electron chi connectivity index (χ1n) is 8.85. The molecule has 0 aromatic heterocycles. The van der Waals surface area contributed by atoms with Crippen molar-refractivity contribution in [3.63, 3.8) is 0 Å². The maximum Gasteiger partial charge on any atom is 0.242 e. The molecule has 0 aliphatic carbocycles. The van der Waals surface area contributed by atoms with Gasteiger partial charge in [-0.1, -0.05) is 31.2 Å². The highest BCUT2D eigenvalue weighted by Crippen LogP contribution is 2.40. The second-order valence-electron chi connectivity index (χ2n) is 7.24. The van der Waals surface area contributed by atoms with Crippen LogP contribution in [0.15, 0.2) is 24.3 Å². The van der Waals surface area contributed by atoms with Crippen molar-refractivity contribution in [1.82, 2.24) is 14.9 Å². The summed E-state index contributed by atoms with van der Waals surface area (Å²) < 4.78 is 24.8. The van der Waals surface area contributed by atoms with E-state index >= 15 is 0 Å². The molecule has 1 aromatic rings. The number of rotatable bonds is 5. The molecule has 2 saturated heterocycles. The zero-order chi connectivity index (χ0) is 18.9. The Kier molecular flexibility index (Phi) is 5.07. The Bertz CT molecular complexity index is 806. The predicted octanol–water partition coefficient (Wildman–Crippen LogP) is 0.405. The summed E-state index contributed by atoms with van der Waals surface area (Å²) in [6.45, 7) is 2.96. The molecule has 2 amide bonds. The van der Waals surface area contributed by atoms with Crippen molar-refractivity contribution in [3.8, 4) is 0 Å². The fourth-order valence-electron chi connectivity index (χ4n) is 3.68. The number of carbonyl (C=O) groups excluding carboxylic acids is 2. The topological polar surface area (TPSA) is 95.6 Å². The van der Waals surface area contributed by atoms with Crippen LogP contribution in [0.1, 0.15) is 30.9 Å².